The first kappa shape index (κ1) is 20.5. The number of unbranched alkanes of at least 4 members (excludes halogenated alkanes) is 3. The highest BCUT2D eigenvalue weighted by Gasteiger charge is 2.25. The predicted octanol–water partition coefficient (Wildman–Crippen LogP) is 6.00. The molecular weight excluding hydrogens is 348 g/mol. The van der Waals surface area contributed by atoms with E-state index in [1.807, 2.05) is 36.7 Å². The van der Waals surface area contributed by atoms with Crippen LogP contribution in [0.4, 0.5) is 0 Å². The number of ether oxygens (including phenoxy) is 1. The third-order valence-corrected chi connectivity index (χ3v) is 5.70. The van der Waals surface area contributed by atoms with Gasteiger partial charge in [0.1, 0.15) is 5.75 Å². The van der Waals surface area contributed by atoms with Gasteiger partial charge in [0, 0.05) is 18.0 Å². The number of carbonyl (C=O) groups excluding carboxylic acids is 1. The second-order valence-electron chi connectivity index (χ2n) is 8.13. The number of hydrogen-bond acceptors (Lipinski definition) is 4. The lowest BCUT2D eigenvalue weighted by Gasteiger charge is -2.24. The molecule has 0 bridgehead atoms. The van der Waals surface area contributed by atoms with Gasteiger partial charge in [-0.25, -0.2) is 9.97 Å². The summed E-state index contributed by atoms with van der Waals surface area (Å²) in [4.78, 5) is 21.3. The van der Waals surface area contributed by atoms with E-state index in [4.69, 9.17) is 4.74 Å². The fraction of sp³-hybridized carbons (Fsp3) is 0.542. The van der Waals surface area contributed by atoms with Crippen LogP contribution in [-0.2, 0) is 11.2 Å². The minimum Gasteiger partial charge on any atom is -0.426 e. The normalized spacial score (nSPS) is 19.4. The number of nitrogens with zero attached hydrogens (tertiary/aromatic N) is 2. The largest absolute Gasteiger partial charge is 0.426 e. The van der Waals surface area contributed by atoms with Gasteiger partial charge in [-0.1, -0.05) is 33.1 Å². The van der Waals surface area contributed by atoms with Crippen LogP contribution >= 0.6 is 0 Å². The summed E-state index contributed by atoms with van der Waals surface area (Å²) in [6, 6.07) is 7.50. The number of aryl methyl sites for hydroxylation is 1. The lowest BCUT2D eigenvalue weighted by Crippen LogP contribution is -2.24. The van der Waals surface area contributed by atoms with Gasteiger partial charge in [0.25, 0.3) is 0 Å². The molecular formula is C24H32N2O2. The Morgan fingerprint density at radius 1 is 1.00 bits per heavy atom. The van der Waals surface area contributed by atoms with Crippen molar-refractivity contribution in [2.24, 2.45) is 11.8 Å². The molecule has 4 nitrogen and oxygen atoms in total. The van der Waals surface area contributed by atoms with Crippen molar-refractivity contribution in [2.75, 3.05) is 0 Å². The van der Waals surface area contributed by atoms with Gasteiger partial charge in [-0.2, -0.15) is 0 Å². The average Bonchev–Trinajstić information content (AvgIpc) is 2.73. The number of esters is 1. The van der Waals surface area contributed by atoms with Crippen molar-refractivity contribution in [1.82, 2.24) is 9.97 Å². The van der Waals surface area contributed by atoms with Crippen LogP contribution in [0.1, 0.15) is 70.8 Å². The molecule has 0 N–H and O–H groups in total. The van der Waals surface area contributed by atoms with E-state index in [0.29, 0.717) is 11.6 Å². The molecule has 1 aromatic carbocycles. The van der Waals surface area contributed by atoms with Crippen LogP contribution in [0.5, 0.6) is 5.75 Å². The molecule has 2 aromatic rings. The molecule has 150 valence electrons. The summed E-state index contributed by atoms with van der Waals surface area (Å²) in [5, 5.41) is 0. The Morgan fingerprint density at radius 3 is 2.32 bits per heavy atom. The Bertz CT molecular complexity index is 732. The molecule has 1 aromatic heterocycles. The summed E-state index contributed by atoms with van der Waals surface area (Å²) >= 11 is 0. The van der Waals surface area contributed by atoms with Gasteiger partial charge >= 0.3 is 5.97 Å². The molecule has 4 heteroatoms. The Labute approximate surface area is 168 Å². The zero-order chi connectivity index (χ0) is 19.8. The number of aromatic nitrogens is 2. The van der Waals surface area contributed by atoms with Crippen molar-refractivity contribution in [3.8, 4) is 17.1 Å². The van der Waals surface area contributed by atoms with Crippen LogP contribution in [-0.4, -0.2) is 15.9 Å². The standard InChI is InChI=1S/C24H32N2O2/c1-3-4-5-6-7-19-16-25-23(26-17-19)20-12-14-22(15-13-20)28-24(27)21-10-8-18(2)9-11-21/h12-18,21H,3-11H2,1-2H3/t18-,21-. The third-order valence-electron chi connectivity index (χ3n) is 5.70. The van der Waals surface area contributed by atoms with E-state index in [9.17, 15) is 4.79 Å². The summed E-state index contributed by atoms with van der Waals surface area (Å²) in [5.41, 5.74) is 2.12. The Hall–Kier alpha value is -2.23. The predicted molar refractivity (Wildman–Crippen MR) is 112 cm³/mol. The van der Waals surface area contributed by atoms with Gasteiger partial charge in [-0.3, -0.25) is 4.79 Å². The Balaban J connectivity index is 1.53. The van der Waals surface area contributed by atoms with E-state index in [0.717, 1.165) is 43.6 Å². The van der Waals surface area contributed by atoms with Crippen LogP contribution in [0.25, 0.3) is 11.4 Å². The summed E-state index contributed by atoms with van der Waals surface area (Å²) in [6.45, 7) is 4.47. The molecule has 28 heavy (non-hydrogen) atoms. The van der Waals surface area contributed by atoms with E-state index in [-0.39, 0.29) is 11.9 Å². The molecule has 0 radical (unpaired) electrons. The first-order valence-corrected chi connectivity index (χ1v) is 10.8. The summed E-state index contributed by atoms with van der Waals surface area (Å²) < 4.78 is 5.58. The Morgan fingerprint density at radius 2 is 1.68 bits per heavy atom. The topological polar surface area (TPSA) is 52.1 Å². The lowest BCUT2D eigenvalue weighted by atomic mass is 9.83. The third kappa shape index (κ3) is 5.88. The fourth-order valence-corrected chi connectivity index (χ4v) is 3.76. The molecule has 3 rings (SSSR count). The van der Waals surface area contributed by atoms with Gasteiger partial charge in [0.15, 0.2) is 5.82 Å². The molecule has 0 aliphatic heterocycles. The highest BCUT2D eigenvalue weighted by Crippen LogP contribution is 2.30. The number of benzene rings is 1. The molecule has 1 fully saturated rings. The maximum atomic E-state index is 12.3. The van der Waals surface area contributed by atoms with Gasteiger partial charge in [0.2, 0.25) is 0 Å². The van der Waals surface area contributed by atoms with E-state index >= 15 is 0 Å². The van der Waals surface area contributed by atoms with Crippen molar-refractivity contribution >= 4 is 5.97 Å². The van der Waals surface area contributed by atoms with Crippen molar-refractivity contribution < 1.29 is 9.53 Å². The monoisotopic (exact) mass is 380 g/mol. The van der Waals surface area contributed by atoms with Crippen molar-refractivity contribution in [2.45, 2.75) is 71.6 Å². The van der Waals surface area contributed by atoms with Gasteiger partial charge in [-0.15, -0.1) is 0 Å². The molecule has 1 aliphatic carbocycles. The fourth-order valence-electron chi connectivity index (χ4n) is 3.76. The van der Waals surface area contributed by atoms with Gasteiger partial charge in [-0.05, 0) is 74.3 Å². The highest BCUT2D eigenvalue weighted by atomic mass is 16.5. The second kappa shape index (κ2) is 10.4. The maximum Gasteiger partial charge on any atom is 0.314 e. The smallest absolute Gasteiger partial charge is 0.314 e. The van der Waals surface area contributed by atoms with Crippen LogP contribution in [0.3, 0.4) is 0 Å². The number of carbonyl (C=O) groups is 1. The molecule has 0 saturated heterocycles. The molecule has 0 amide bonds. The zero-order valence-corrected chi connectivity index (χ0v) is 17.2. The highest BCUT2D eigenvalue weighted by molar-refractivity contribution is 5.75. The van der Waals surface area contributed by atoms with Gasteiger partial charge in [0.05, 0.1) is 5.92 Å². The quantitative estimate of drug-likeness (QED) is 0.320. The summed E-state index contributed by atoms with van der Waals surface area (Å²) in [5.74, 6) is 1.98. The minimum absolute atomic E-state index is 0.0454. The van der Waals surface area contributed by atoms with Crippen LogP contribution in [0.15, 0.2) is 36.7 Å². The van der Waals surface area contributed by atoms with Crippen molar-refractivity contribution in [3.63, 3.8) is 0 Å². The van der Waals surface area contributed by atoms with E-state index < -0.39 is 0 Å². The summed E-state index contributed by atoms with van der Waals surface area (Å²) in [6.07, 6.45) is 14.0. The van der Waals surface area contributed by atoms with E-state index in [1.165, 1.54) is 31.2 Å². The van der Waals surface area contributed by atoms with E-state index in [2.05, 4.69) is 23.8 Å². The zero-order valence-electron chi connectivity index (χ0n) is 17.2. The van der Waals surface area contributed by atoms with Crippen LogP contribution in [0, 0.1) is 11.8 Å². The lowest BCUT2D eigenvalue weighted by molar-refractivity contribution is -0.140. The molecule has 1 heterocycles. The average molecular weight is 381 g/mol. The number of hydrogen-bond donors (Lipinski definition) is 0. The molecule has 1 saturated carbocycles. The van der Waals surface area contributed by atoms with Crippen molar-refractivity contribution in [1.29, 1.82) is 0 Å². The molecule has 1 aliphatic rings. The summed E-state index contributed by atoms with van der Waals surface area (Å²) in [7, 11) is 0. The Kier molecular flexibility index (Phi) is 7.58. The van der Waals surface area contributed by atoms with Crippen LogP contribution in [0.2, 0.25) is 0 Å². The first-order chi connectivity index (χ1) is 13.7. The SMILES string of the molecule is CCCCCCc1cnc(-c2ccc(OC(=O)[C@H]3CC[C@H](C)CC3)cc2)nc1. The van der Waals surface area contributed by atoms with Crippen molar-refractivity contribution in [3.05, 3.63) is 42.2 Å². The molecule has 0 atom stereocenters. The molecule has 0 spiro atoms. The number of rotatable bonds is 8. The van der Waals surface area contributed by atoms with Crippen LogP contribution < -0.4 is 4.74 Å². The first-order valence-electron chi connectivity index (χ1n) is 10.8. The van der Waals surface area contributed by atoms with E-state index in [1.54, 1.807) is 0 Å². The molecule has 0 unspecified atom stereocenters. The maximum absolute atomic E-state index is 12.3. The van der Waals surface area contributed by atoms with Gasteiger partial charge < -0.3 is 4.74 Å². The minimum atomic E-state index is -0.0941. The second-order valence-corrected chi connectivity index (χ2v) is 8.13.